The largest absolute Gasteiger partial charge is 0.461 e. The number of hydrogen-bond donors (Lipinski definition) is 1. The van der Waals surface area contributed by atoms with Crippen LogP contribution < -0.4 is 10.9 Å². The van der Waals surface area contributed by atoms with Crippen molar-refractivity contribution in [2.45, 2.75) is 44.7 Å². The Labute approximate surface area is 174 Å². The van der Waals surface area contributed by atoms with Gasteiger partial charge in [-0.05, 0) is 32.8 Å². The van der Waals surface area contributed by atoms with Crippen LogP contribution in [0.2, 0.25) is 0 Å². The van der Waals surface area contributed by atoms with E-state index in [4.69, 9.17) is 4.42 Å². The van der Waals surface area contributed by atoms with Crippen molar-refractivity contribution in [2.75, 3.05) is 5.32 Å². The molecule has 0 aliphatic heterocycles. The van der Waals surface area contributed by atoms with E-state index in [0.717, 1.165) is 10.8 Å². The van der Waals surface area contributed by atoms with E-state index in [1.807, 2.05) is 13.0 Å². The van der Waals surface area contributed by atoms with Crippen LogP contribution in [0.4, 0.5) is 19.0 Å². The fraction of sp³-hybridized carbons (Fsp3) is 0.318. The van der Waals surface area contributed by atoms with Crippen molar-refractivity contribution in [3.63, 3.8) is 0 Å². The Bertz CT molecular complexity index is 1370. The average Bonchev–Trinajstić information content (AvgIpc) is 3.45. The lowest BCUT2D eigenvalue weighted by Gasteiger charge is -2.20. The SMILES string of the molecule is Cc1nc(N[C@H](C)c2cccc3c(F)coc23)c2cn(C3(C(F)F)CC3)c(=O)cc2n1. The molecule has 3 heterocycles. The van der Waals surface area contributed by atoms with Gasteiger partial charge < -0.3 is 14.3 Å². The number of hydrogen-bond acceptors (Lipinski definition) is 5. The first-order chi connectivity index (χ1) is 14.8. The fourth-order valence-corrected chi connectivity index (χ4v) is 4.04. The van der Waals surface area contributed by atoms with Gasteiger partial charge in [0.25, 0.3) is 12.0 Å². The molecule has 1 aromatic carbocycles. The van der Waals surface area contributed by atoms with Crippen LogP contribution in [0.1, 0.15) is 37.2 Å². The van der Waals surface area contributed by atoms with Crippen LogP contribution in [0.15, 0.2) is 45.9 Å². The van der Waals surface area contributed by atoms with Crippen molar-refractivity contribution in [3.8, 4) is 0 Å². The number of para-hydroxylation sites is 1. The van der Waals surface area contributed by atoms with Gasteiger partial charge in [-0.25, -0.2) is 23.1 Å². The van der Waals surface area contributed by atoms with Crippen LogP contribution in [0.5, 0.6) is 0 Å². The van der Waals surface area contributed by atoms with Crippen molar-refractivity contribution >= 4 is 27.7 Å². The van der Waals surface area contributed by atoms with Gasteiger partial charge in [-0.2, -0.15) is 0 Å². The molecule has 1 N–H and O–H groups in total. The molecular weight excluding hydrogens is 409 g/mol. The molecule has 1 saturated carbocycles. The highest BCUT2D eigenvalue weighted by atomic mass is 19.3. The molecule has 6 nitrogen and oxygen atoms in total. The number of fused-ring (bicyclic) bond motifs is 2. The van der Waals surface area contributed by atoms with E-state index in [0.29, 0.717) is 39.1 Å². The van der Waals surface area contributed by atoms with E-state index in [-0.39, 0.29) is 18.9 Å². The minimum absolute atomic E-state index is 0.244. The van der Waals surface area contributed by atoms with Gasteiger partial charge >= 0.3 is 0 Å². The van der Waals surface area contributed by atoms with E-state index < -0.39 is 23.3 Å². The normalized spacial score (nSPS) is 16.2. The number of benzene rings is 1. The molecule has 0 saturated heterocycles. The van der Waals surface area contributed by atoms with Gasteiger partial charge in [0, 0.05) is 17.8 Å². The van der Waals surface area contributed by atoms with Crippen molar-refractivity contribution in [3.05, 3.63) is 64.3 Å². The molecule has 31 heavy (non-hydrogen) atoms. The number of nitrogens with zero attached hydrogens (tertiary/aromatic N) is 3. The number of furan rings is 1. The molecule has 9 heteroatoms. The molecule has 160 valence electrons. The Morgan fingerprint density at radius 3 is 2.71 bits per heavy atom. The average molecular weight is 428 g/mol. The maximum Gasteiger partial charge on any atom is 0.261 e. The van der Waals surface area contributed by atoms with E-state index in [1.165, 1.54) is 12.3 Å². The van der Waals surface area contributed by atoms with E-state index in [9.17, 15) is 18.0 Å². The van der Waals surface area contributed by atoms with Crippen LogP contribution in [0, 0.1) is 12.7 Å². The lowest BCUT2D eigenvalue weighted by molar-refractivity contribution is 0.0654. The molecule has 5 rings (SSSR count). The zero-order valence-electron chi connectivity index (χ0n) is 16.8. The Morgan fingerprint density at radius 2 is 2.00 bits per heavy atom. The molecule has 1 aliphatic carbocycles. The third-order valence-electron chi connectivity index (χ3n) is 5.89. The van der Waals surface area contributed by atoms with Gasteiger partial charge in [0.15, 0.2) is 5.82 Å². The highest BCUT2D eigenvalue weighted by Crippen LogP contribution is 2.48. The molecule has 4 aromatic rings. The van der Waals surface area contributed by atoms with Crippen LogP contribution in [0.25, 0.3) is 21.9 Å². The summed E-state index contributed by atoms with van der Waals surface area (Å²) < 4.78 is 47.7. The lowest BCUT2D eigenvalue weighted by Crippen LogP contribution is -2.35. The van der Waals surface area contributed by atoms with Gasteiger partial charge in [0.05, 0.1) is 22.3 Å². The Kier molecular flexibility index (Phi) is 4.32. The van der Waals surface area contributed by atoms with Crippen LogP contribution >= 0.6 is 0 Å². The molecule has 3 aromatic heterocycles. The smallest absolute Gasteiger partial charge is 0.261 e. The third-order valence-corrected chi connectivity index (χ3v) is 5.89. The highest BCUT2D eigenvalue weighted by Gasteiger charge is 2.53. The molecule has 1 atom stereocenters. The second-order valence-corrected chi connectivity index (χ2v) is 7.98. The summed E-state index contributed by atoms with van der Waals surface area (Å²) in [4.78, 5) is 21.3. The summed E-state index contributed by atoms with van der Waals surface area (Å²) in [6.45, 7) is 3.54. The number of rotatable bonds is 5. The maximum atomic E-state index is 13.9. The number of nitrogens with one attached hydrogen (secondary N) is 1. The number of halogens is 3. The number of alkyl halides is 2. The molecule has 0 bridgehead atoms. The maximum absolute atomic E-state index is 13.9. The summed E-state index contributed by atoms with van der Waals surface area (Å²) in [5.41, 5.74) is -0.475. The predicted octanol–water partition coefficient (Wildman–Crippen LogP) is 4.91. The van der Waals surface area contributed by atoms with Crippen molar-refractivity contribution in [1.82, 2.24) is 14.5 Å². The monoisotopic (exact) mass is 428 g/mol. The summed E-state index contributed by atoms with van der Waals surface area (Å²) in [6.07, 6.45) is 0.319. The molecule has 0 radical (unpaired) electrons. The van der Waals surface area contributed by atoms with Gasteiger partial charge in [-0.15, -0.1) is 0 Å². The molecular formula is C22H19F3N4O2. The summed E-state index contributed by atoms with van der Waals surface area (Å²) >= 11 is 0. The fourth-order valence-electron chi connectivity index (χ4n) is 4.04. The minimum Gasteiger partial charge on any atom is -0.461 e. The Morgan fingerprint density at radius 1 is 1.23 bits per heavy atom. The topological polar surface area (TPSA) is 73.0 Å². The molecule has 0 amide bonds. The standard InChI is InChI=1S/C22H19F3N4O2/c1-11(13-4-3-5-14-16(23)10-31-19(13)14)26-20-15-9-29(22(6-7-22)21(24)25)18(30)8-17(15)27-12(2)28-20/h3-5,8-11,21H,6-7H2,1-2H3,(H,26,27,28)/t11-/m1/s1. The van der Waals surface area contributed by atoms with E-state index in [1.54, 1.807) is 19.1 Å². The van der Waals surface area contributed by atoms with Crippen molar-refractivity contribution in [2.24, 2.45) is 0 Å². The highest BCUT2D eigenvalue weighted by molar-refractivity contribution is 5.89. The Balaban J connectivity index is 1.61. The zero-order chi connectivity index (χ0) is 21.9. The predicted molar refractivity (Wildman–Crippen MR) is 110 cm³/mol. The molecule has 1 fully saturated rings. The molecule has 0 unspecified atom stereocenters. The second-order valence-electron chi connectivity index (χ2n) is 7.98. The second kappa shape index (κ2) is 6.83. The van der Waals surface area contributed by atoms with Gasteiger partial charge in [0.2, 0.25) is 0 Å². The quantitative estimate of drug-likeness (QED) is 0.489. The lowest BCUT2D eigenvalue weighted by atomic mass is 10.1. The minimum atomic E-state index is -2.64. The molecule has 1 aliphatic rings. The Hall–Kier alpha value is -3.36. The first kappa shape index (κ1) is 19.6. The molecule has 0 spiro atoms. The van der Waals surface area contributed by atoms with Gasteiger partial charge in [0.1, 0.15) is 29.0 Å². The van der Waals surface area contributed by atoms with E-state index in [2.05, 4.69) is 15.3 Å². The van der Waals surface area contributed by atoms with Crippen LogP contribution in [-0.4, -0.2) is 21.0 Å². The van der Waals surface area contributed by atoms with Gasteiger partial charge in [-0.3, -0.25) is 4.79 Å². The zero-order valence-corrected chi connectivity index (χ0v) is 16.8. The first-order valence-electron chi connectivity index (χ1n) is 9.92. The van der Waals surface area contributed by atoms with Crippen LogP contribution in [0.3, 0.4) is 0 Å². The summed E-state index contributed by atoms with van der Waals surface area (Å²) in [5.74, 6) is 0.382. The van der Waals surface area contributed by atoms with Crippen molar-refractivity contribution < 1.29 is 17.6 Å². The summed E-state index contributed by atoms with van der Waals surface area (Å²) in [6, 6.07) is 6.09. The summed E-state index contributed by atoms with van der Waals surface area (Å²) in [5, 5.41) is 4.09. The van der Waals surface area contributed by atoms with Crippen molar-refractivity contribution in [1.29, 1.82) is 0 Å². The number of aryl methyl sites for hydroxylation is 1. The van der Waals surface area contributed by atoms with E-state index >= 15 is 0 Å². The van der Waals surface area contributed by atoms with Gasteiger partial charge in [-0.1, -0.05) is 12.1 Å². The van der Waals surface area contributed by atoms with Crippen LogP contribution in [-0.2, 0) is 5.54 Å². The first-order valence-corrected chi connectivity index (χ1v) is 9.92. The number of anilines is 1. The number of pyridine rings is 1. The number of aromatic nitrogens is 3. The summed E-state index contributed by atoms with van der Waals surface area (Å²) in [7, 11) is 0. The third kappa shape index (κ3) is 3.07.